The van der Waals surface area contributed by atoms with Crippen molar-refractivity contribution >= 4 is 16.5 Å². The summed E-state index contributed by atoms with van der Waals surface area (Å²) in [6.45, 7) is 11.1. The normalized spacial score (nSPS) is 17.6. The molecule has 1 heterocycles. The largest absolute Gasteiger partial charge is 0.345 e. The van der Waals surface area contributed by atoms with E-state index in [0.29, 0.717) is 6.04 Å². The number of anilines is 1. The van der Waals surface area contributed by atoms with Gasteiger partial charge in [-0.15, -0.1) is 11.3 Å². The molecule has 1 aromatic heterocycles. The van der Waals surface area contributed by atoms with Crippen LogP contribution in [0.25, 0.3) is 0 Å². The van der Waals surface area contributed by atoms with Crippen LogP contribution < -0.4 is 10.2 Å². The maximum atomic E-state index is 4.93. The number of hydrogen-bond donors (Lipinski definition) is 1. The number of aromatic nitrogens is 1. The molecule has 1 N–H and O–H groups in total. The predicted molar refractivity (Wildman–Crippen MR) is 93.3 cm³/mol. The summed E-state index contributed by atoms with van der Waals surface area (Å²) in [4.78, 5) is 7.53. The minimum absolute atomic E-state index is 0.357. The van der Waals surface area contributed by atoms with Crippen molar-refractivity contribution in [2.24, 2.45) is 5.92 Å². The second kappa shape index (κ2) is 8.14. The molecule has 1 aliphatic carbocycles. The fourth-order valence-electron chi connectivity index (χ4n) is 3.07. The predicted octanol–water partition coefficient (Wildman–Crippen LogP) is 4.61. The van der Waals surface area contributed by atoms with Crippen LogP contribution in [0.3, 0.4) is 0 Å². The Hall–Kier alpha value is -0.610. The lowest BCUT2D eigenvalue weighted by atomic mass is 10.1. The minimum atomic E-state index is 0.357. The maximum Gasteiger partial charge on any atom is 0.185 e. The molecule has 1 unspecified atom stereocenters. The molecule has 0 bridgehead atoms. The first-order valence-electron chi connectivity index (χ1n) is 8.57. The van der Waals surface area contributed by atoms with E-state index in [4.69, 9.17) is 4.98 Å². The van der Waals surface area contributed by atoms with Gasteiger partial charge in [-0.25, -0.2) is 4.98 Å². The van der Waals surface area contributed by atoms with Crippen LogP contribution in [0, 0.1) is 5.92 Å². The number of thiazole rings is 1. The lowest BCUT2D eigenvalue weighted by molar-refractivity contribution is 0.526. The van der Waals surface area contributed by atoms with E-state index < -0.39 is 0 Å². The molecular weight excluding hydrogens is 278 g/mol. The average Bonchev–Trinajstić information content (AvgIpc) is 3.10. The Bertz CT molecular complexity index is 410. The van der Waals surface area contributed by atoms with Gasteiger partial charge < -0.3 is 10.2 Å². The quantitative estimate of drug-likeness (QED) is 0.760. The summed E-state index contributed by atoms with van der Waals surface area (Å²) in [5.41, 5.74) is 1.20. The molecule has 0 saturated heterocycles. The van der Waals surface area contributed by atoms with Crippen LogP contribution in [-0.2, 0) is 0 Å². The molecule has 1 atom stereocenters. The fourth-order valence-corrected chi connectivity index (χ4v) is 4.08. The van der Waals surface area contributed by atoms with Crippen molar-refractivity contribution in [2.75, 3.05) is 18.0 Å². The van der Waals surface area contributed by atoms with E-state index in [0.717, 1.165) is 25.0 Å². The lowest BCUT2D eigenvalue weighted by Gasteiger charge is -2.29. The third-order valence-corrected chi connectivity index (χ3v) is 5.32. The van der Waals surface area contributed by atoms with Crippen LogP contribution in [0.2, 0.25) is 0 Å². The first kappa shape index (κ1) is 16.8. The molecule has 0 aromatic carbocycles. The van der Waals surface area contributed by atoms with Gasteiger partial charge in [-0.2, -0.15) is 0 Å². The van der Waals surface area contributed by atoms with Crippen molar-refractivity contribution in [1.29, 1.82) is 0 Å². The zero-order valence-corrected chi connectivity index (χ0v) is 14.9. The Labute approximate surface area is 134 Å². The fraction of sp³-hybridized carbons (Fsp3) is 0.824. The molecule has 0 radical (unpaired) electrons. The van der Waals surface area contributed by atoms with Gasteiger partial charge in [-0.3, -0.25) is 0 Å². The molecule has 3 nitrogen and oxygen atoms in total. The van der Waals surface area contributed by atoms with Gasteiger partial charge in [0, 0.05) is 24.0 Å². The van der Waals surface area contributed by atoms with E-state index in [9.17, 15) is 0 Å². The van der Waals surface area contributed by atoms with Gasteiger partial charge >= 0.3 is 0 Å². The third-order valence-electron chi connectivity index (χ3n) is 4.42. The summed E-state index contributed by atoms with van der Waals surface area (Å²) in [7, 11) is 0. The smallest absolute Gasteiger partial charge is 0.185 e. The number of hydrogen-bond acceptors (Lipinski definition) is 4. The molecule has 120 valence electrons. The summed E-state index contributed by atoms with van der Waals surface area (Å²) in [6.07, 6.45) is 6.71. The van der Waals surface area contributed by atoms with E-state index >= 15 is 0 Å². The summed E-state index contributed by atoms with van der Waals surface area (Å²) in [5.74, 6) is 0.758. The first-order valence-corrected chi connectivity index (χ1v) is 9.45. The summed E-state index contributed by atoms with van der Waals surface area (Å²) >= 11 is 1.83. The van der Waals surface area contributed by atoms with Gasteiger partial charge in [0.25, 0.3) is 0 Å². The van der Waals surface area contributed by atoms with Crippen LogP contribution in [-0.4, -0.2) is 24.1 Å². The molecule has 1 aliphatic rings. The molecule has 0 amide bonds. The highest BCUT2D eigenvalue weighted by molar-refractivity contribution is 7.13. The Morgan fingerprint density at radius 3 is 2.67 bits per heavy atom. The second-order valence-corrected chi connectivity index (χ2v) is 7.49. The number of nitrogens with zero attached hydrogens (tertiary/aromatic N) is 2. The molecule has 0 spiro atoms. The summed E-state index contributed by atoms with van der Waals surface area (Å²) < 4.78 is 0. The van der Waals surface area contributed by atoms with Gasteiger partial charge in [0.15, 0.2) is 5.13 Å². The summed E-state index contributed by atoms with van der Waals surface area (Å²) in [6, 6.07) is 1.08. The van der Waals surface area contributed by atoms with Crippen molar-refractivity contribution in [2.45, 2.75) is 71.9 Å². The summed E-state index contributed by atoms with van der Waals surface area (Å²) in [5, 5.41) is 6.93. The Morgan fingerprint density at radius 1 is 1.33 bits per heavy atom. The second-order valence-electron chi connectivity index (χ2n) is 6.65. The van der Waals surface area contributed by atoms with Gasteiger partial charge in [-0.05, 0) is 38.6 Å². The van der Waals surface area contributed by atoms with Crippen LogP contribution in [0.15, 0.2) is 5.38 Å². The van der Waals surface area contributed by atoms with Gasteiger partial charge in [0.05, 0.1) is 5.69 Å². The highest BCUT2D eigenvalue weighted by atomic mass is 32.1. The molecular formula is C17H31N3S. The molecule has 1 saturated carbocycles. The van der Waals surface area contributed by atoms with Crippen LogP contribution in [0.5, 0.6) is 0 Å². The molecule has 2 rings (SSSR count). The highest BCUT2D eigenvalue weighted by Crippen LogP contribution is 2.32. The third kappa shape index (κ3) is 4.68. The molecule has 1 fully saturated rings. The topological polar surface area (TPSA) is 28.2 Å². The number of nitrogens with one attached hydrogen (secondary N) is 1. The van der Waals surface area contributed by atoms with Crippen LogP contribution >= 0.6 is 11.3 Å². The van der Waals surface area contributed by atoms with Gasteiger partial charge in [0.1, 0.15) is 0 Å². The van der Waals surface area contributed by atoms with Crippen molar-refractivity contribution in [3.8, 4) is 0 Å². The zero-order valence-electron chi connectivity index (χ0n) is 14.1. The minimum Gasteiger partial charge on any atom is -0.345 e. The van der Waals surface area contributed by atoms with Crippen molar-refractivity contribution in [3.05, 3.63) is 11.1 Å². The van der Waals surface area contributed by atoms with Crippen molar-refractivity contribution in [1.82, 2.24) is 10.3 Å². The highest BCUT2D eigenvalue weighted by Gasteiger charge is 2.25. The molecule has 4 heteroatoms. The lowest BCUT2D eigenvalue weighted by Crippen LogP contribution is -2.34. The van der Waals surface area contributed by atoms with E-state index in [-0.39, 0.29) is 0 Å². The maximum absolute atomic E-state index is 4.93. The molecule has 21 heavy (non-hydrogen) atoms. The van der Waals surface area contributed by atoms with Gasteiger partial charge in [-0.1, -0.05) is 33.6 Å². The Morgan fingerprint density at radius 2 is 2.05 bits per heavy atom. The standard InChI is InChI=1S/C17H31N3S/c1-5-18-14(4)16-12-21-17(19-16)20(11-10-13(2)3)15-8-6-7-9-15/h12-15,18H,5-11H2,1-4H3. The first-order chi connectivity index (χ1) is 10.1. The Balaban J connectivity index is 2.08. The van der Waals surface area contributed by atoms with Crippen molar-refractivity contribution in [3.63, 3.8) is 0 Å². The van der Waals surface area contributed by atoms with Gasteiger partial charge in [0.2, 0.25) is 0 Å². The molecule has 1 aromatic rings. The van der Waals surface area contributed by atoms with Crippen molar-refractivity contribution < 1.29 is 0 Å². The molecule has 0 aliphatic heterocycles. The number of rotatable bonds is 8. The van der Waals surface area contributed by atoms with Crippen LogP contribution in [0.4, 0.5) is 5.13 Å². The van der Waals surface area contributed by atoms with E-state index in [1.165, 1.54) is 42.9 Å². The average molecular weight is 310 g/mol. The van der Waals surface area contributed by atoms with Crippen LogP contribution in [0.1, 0.15) is 71.5 Å². The Kier molecular flexibility index (Phi) is 6.49. The van der Waals surface area contributed by atoms with E-state index in [2.05, 4.69) is 43.3 Å². The van der Waals surface area contributed by atoms with E-state index in [1.807, 2.05) is 11.3 Å². The zero-order chi connectivity index (χ0) is 15.2. The monoisotopic (exact) mass is 309 g/mol. The SMILES string of the molecule is CCNC(C)c1csc(N(CCC(C)C)C2CCCC2)n1. The van der Waals surface area contributed by atoms with E-state index in [1.54, 1.807) is 0 Å².